The highest BCUT2D eigenvalue weighted by molar-refractivity contribution is 5.88. The predicted molar refractivity (Wildman–Crippen MR) is 119 cm³/mol. The van der Waals surface area contributed by atoms with Gasteiger partial charge in [0.05, 0.1) is 24.8 Å². The highest BCUT2D eigenvalue weighted by atomic mass is 16.5. The maximum absolute atomic E-state index is 13.3. The summed E-state index contributed by atoms with van der Waals surface area (Å²) in [5.41, 5.74) is 0.961. The molecule has 2 heterocycles. The molecule has 3 rings (SSSR count). The number of amides is 2. The summed E-state index contributed by atoms with van der Waals surface area (Å²) in [5.74, 6) is 0.247. The molecule has 1 fully saturated rings. The van der Waals surface area contributed by atoms with E-state index < -0.39 is 0 Å². The molecule has 0 radical (unpaired) electrons. The van der Waals surface area contributed by atoms with Crippen molar-refractivity contribution in [3.05, 3.63) is 72.7 Å². The van der Waals surface area contributed by atoms with Crippen molar-refractivity contribution >= 4 is 11.8 Å². The van der Waals surface area contributed by atoms with E-state index >= 15 is 0 Å². The molecule has 1 aliphatic rings. The zero-order chi connectivity index (χ0) is 22.1. The van der Waals surface area contributed by atoms with Gasteiger partial charge in [0.1, 0.15) is 12.3 Å². The van der Waals surface area contributed by atoms with Crippen LogP contribution < -0.4 is 0 Å². The monoisotopic (exact) mass is 424 g/mol. The predicted octanol–water partition coefficient (Wildman–Crippen LogP) is 4.00. The van der Waals surface area contributed by atoms with Gasteiger partial charge in [0.15, 0.2) is 0 Å². The van der Waals surface area contributed by atoms with Crippen LogP contribution in [0.15, 0.2) is 65.8 Å². The molecule has 0 saturated carbocycles. The summed E-state index contributed by atoms with van der Waals surface area (Å²) in [4.78, 5) is 30.0. The second kappa shape index (κ2) is 11.5. The molecule has 0 N–H and O–H groups in total. The number of rotatable bonds is 11. The Balaban J connectivity index is 1.73. The van der Waals surface area contributed by atoms with Crippen LogP contribution in [-0.4, -0.2) is 54.0 Å². The van der Waals surface area contributed by atoms with Crippen molar-refractivity contribution in [2.75, 3.05) is 26.2 Å². The normalized spacial score (nSPS) is 16.6. The summed E-state index contributed by atoms with van der Waals surface area (Å²) in [5, 5.41) is 0. The first-order chi connectivity index (χ1) is 15.1. The number of hydrogen-bond donors (Lipinski definition) is 0. The van der Waals surface area contributed by atoms with E-state index in [4.69, 9.17) is 9.15 Å². The van der Waals surface area contributed by atoms with Crippen LogP contribution in [0.2, 0.25) is 0 Å². The van der Waals surface area contributed by atoms with Gasteiger partial charge in [-0.2, -0.15) is 0 Å². The molecular formula is C25H32N2O4. The standard InChI is InChI=1S/C25H32N2O4/c1-3-14-26(25(29)23(4-2)20-10-6-5-7-11-20)19-24(28)27(17-21-12-8-15-30-21)18-22-13-9-16-31-22/h3,5-8,10-12,15,22-23H,1,4,9,13-14,16-19H2,2H3/t22-,23-/m1/s1. The van der Waals surface area contributed by atoms with Gasteiger partial charge in [0, 0.05) is 19.7 Å². The van der Waals surface area contributed by atoms with Crippen LogP contribution in [0.5, 0.6) is 0 Å². The summed E-state index contributed by atoms with van der Waals surface area (Å²) >= 11 is 0. The average Bonchev–Trinajstić information content (AvgIpc) is 3.48. The average molecular weight is 425 g/mol. The van der Waals surface area contributed by atoms with Gasteiger partial charge in [0.25, 0.3) is 0 Å². The number of hydrogen-bond acceptors (Lipinski definition) is 4. The zero-order valence-electron chi connectivity index (χ0n) is 18.2. The van der Waals surface area contributed by atoms with Crippen LogP contribution in [0.25, 0.3) is 0 Å². The highest BCUT2D eigenvalue weighted by Crippen LogP contribution is 2.22. The second-order valence-corrected chi connectivity index (χ2v) is 7.87. The van der Waals surface area contributed by atoms with Gasteiger partial charge in [-0.3, -0.25) is 9.59 Å². The fraction of sp³-hybridized carbons (Fsp3) is 0.440. The summed E-state index contributed by atoms with van der Waals surface area (Å²) in [6.45, 7) is 7.67. The van der Waals surface area contributed by atoms with Crippen molar-refractivity contribution < 1.29 is 18.7 Å². The van der Waals surface area contributed by atoms with Gasteiger partial charge in [-0.05, 0) is 37.0 Å². The minimum Gasteiger partial charge on any atom is -0.467 e. The third kappa shape index (κ3) is 6.31. The molecule has 2 aromatic rings. The van der Waals surface area contributed by atoms with Gasteiger partial charge in [-0.15, -0.1) is 6.58 Å². The van der Waals surface area contributed by atoms with E-state index in [2.05, 4.69) is 6.58 Å². The maximum atomic E-state index is 13.3. The van der Waals surface area contributed by atoms with Crippen molar-refractivity contribution in [3.8, 4) is 0 Å². The molecule has 1 aromatic heterocycles. The van der Waals surface area contributed by atoms with E-state index in [1.807, 2.05) is 49.4 Å². The van der Waals surface area contributed by atoms with Gasteiger partial charge < -0.3 is 19.0 Å². The molecule has 0 bridgehead atoms. The molecule has 0 aliphatic carbocycles. The van der Waals surface area contributed by atoms with E-state index in [0.717, 1.165) is 25.0 Å². The SMILES string of the molecule is C=CCN(CC(=O)N(Cc1ccco1)C[C@H]1CCCO1)C(=O)[C@H](CC)c1ccccc1. The van der Waals surface area contributed by atoms with Crippen LogP contribution in [0.1, 0.15) is 43.4 Å². The second-order valence-electron chi connectivity index (χ2n) is 7.87. The van der Waals surface area contributed by atoms with E-state index in [9.17, 15) is 9.59 Å². The van der Waals surface area contributed by atoms with Gasteiger partial charge in [-0.1, -0.05) is 43.3 Å². The summed E-state index contributed by atoms with van der Waals surface area (Å²) < 4.78 is 11.2. The quantitative estimate of drug-likeness (QED) is 0.512. The summed E-state index contributed by atoms with van der Waals surface area (Å²) in [6.07, 6.45) is 5.89. The molecule has 166 valence electrons. The highest BCUT2D eigenvalue weighted by Gasteiger charge is 2.29. The third-order valence-corrected chi connectivity index (χ3v) is 5.62. The van der Waals surface area contributed by atoms with Crippen molar-refractivity contribution in [1.82, 2.24) is 9.80 Å². The number of ether oxygens (including phenoxy) is 1. The number of carbonyl (C=O) groups is 2. The molecular weight excluding hydrogens is 392 g/mol. The lowest BCUT2D eigenvalue weighted by Gasteiger charge is -2.30. The molecule has 0 spiro atoms. The lowest BCUT2D eigenvalue weighted by molar-refractivity contribution is -0.142. The number of furan rings is 1. The lowest BCUT2D eigenvalue weighted by atomic mass is 9.95. The topological polar surface area (TPSA) is 63.0 Å². The van der Waals surface area contributed by atoms with Crippen LogP contribution in [-0.2, 0) is 20.9 Å². The largest absolute Gasteiger partial charge is 0.467 e. The summed E-state index contributed by atoms with van der Waals surface area (Å²) in [7, 11) is 0. The Kier molecular flexibility index (Phi) is 8.47. The maximum Gasteiger partial charge on any atom is 0.242 e. The molecule has 0 unspecified atom stereocenters. The van der Waals surface area contributed by atoms with Crippen molar-refractivity contribution in [2.45, 2.75) is 44.8 Å². The van der Waals surface area contributed by atoms with Crippen molar-refractivity contribution in [3.63, 3.8) is 0 Å². The molecule has 6 heteroatoms. The minimum atomic E-state index is -0.286. The molecule has 1 aromatic carbocycles. The summed E-state index contributed by atoms with van der Waals surface area (Å²) in [6, 6.07) is 13.4. The van der Waals surface area contributed by atoms with Crippen molar-refractivity contribution in [2.24, 2.45) is 0 Å². The molecule has 1 aliphatic heterocycles. The Morgan fingerprint density at radius 1 is 1.19 bits per heavy atom. The van der Waals surface area contributed by atoms with Crippen LogP contribution in [0.4, 0.5) is 0 Å². The lowest BCUT2D eigenvalue weighted by Crippen LogP contribution is -2.46. The van der Waals surface area contributed by atoms with Crippen LogP contribution in [0, 0.1) is 0 Å². The Morgan fingerprint density at radius 2 is 2.00 bits per heavy atom. The zero-order valence-corrected chi connectivity index (χ0v) is 18.2. The Hall–Kier alpha value is -2.86. The van der Waals surface area contributed by atoms with Crippen LogP contribution in [0.3, 0.4) is 0 Å². The fourth-order valence-corrected chi connectivity index (χ4v) is 3.99. The number of benzene rings is 1. The third-order valence-electron chi connectivity index (χ3n) is 5.62. The molecule has 6 nitrogen and oxygen atoms in total. The Bertz CT molecular complexity index is 828. The number of carbonyl (C=O) groups excluding carboxylic acids is 2. The van der Waals surface area contributed by atoms with Gasteiger partial charge >= 0.3 is 0 Å². The fourth-order valence-electron chi connectivity index (χ4n) is 3.99. The molecule has 1 saturated heterocycles. The number of nitrogens with zero attached hydrogens (tertiary/aromatic N) is 2. The van der Waals surface area contributed by atoms with Gasteiger partial charge in [-0.25, -0.2) is 0 Å². The van der Waals surface area contributed by atoms with E-state index in [1.165, 1.54) is 0 Å². The first-order valence-corrected chi connectivity index (χ1v) is 11.0. The molecule has 2 amide bonds. The smallest absolute Gasteiger partial charge is 0.242 e. The first kappa shape index (κ1) is 22.8. The van der Waals surface area contributed by atoms with Gasteiger partial charge in [0.2, 0.25) is 11.8 Å². The molecule has 31 heavy (non-hydrogen) atoms. The van der Waals surface area contributed by atoms with E-state index in [0.29, 0.717) is 31.8 Å². The first-order valence-electron chi connectivity index (χ1n) is 11.0. The Labute approximate surface area is 184 Å². The van der Waals surface area contributed by atoms with Crippen molar-refractivity contribution in [1.29, 1.82) is 0 Å². The van der Waals surface area contributed by atoms with E-state index in [1.54, 1.807) is 22.1 Å². The minimum absolute atomic E-state index is 0.00160. The Morgan fingerprint density at radius 3 is 2.61 bits per heavy atom. The molecule has 2 atom stereocenters. The van der Waals surface area contributed by atoms with E-state index in [-0.39, 0.29) is 30.4 Å². The van der Waals surface area contributed by atoms with Crippen LogP contribution >= 0.6 is 0 Å².